The first-order valence-electron chi connectivity index (χ1n) is 5.88. The molecule has 0 fully saturated rings. The van der Waals surface area contributed by atoms with Gasteiger partial charge in [-0.3, -0.25) is 0 Å². The molecule has 4 heteroatoms. The fourth-order valence-corrected chi connectivity index (χ4v) is 1.66. The second kappa shape index (κ2) is 8.14. The van der Waals surface area contributed by atoms with Crippen molar-refractivity contribution >= 4 is 0 Å². The van der Waals surface area contributed by atoms with E-state index in [2.05, 4.69) is 24.4 Å². The van der Waals surface area contributed by atoms with Crippen LogP contribution < -0.4 is 5.32 Å². The van der Waals surface area contributed by atoms with E-state index in [1.54, 1.807) is 0 Å². The van der Waals surface area contributed by atoms with Crippen molar-refractivity contribution in [3.63, 3.8) is 0 Å². The fraction of sp³-hybridized carbons (Fsp3) is 0.538. The Morgan fingerprint density at radius 1 is 1.24 bits per heavy atom. The van der Waals surface area contributed by atoms with E-state index >= 15 is 0 Å². The lowest BCUT2D eigenvalue weighted by Gasteiger charge is -2.17. The molecule has 1 rings (SSSR count). The highest BCUT2D eigenvalue weighted by atomic mass is 19.3. The van der Waals surface area contributed by atoms with Crippen molar-refractivity contribution < 1.29 is 13.5 Å². The molecular weight excluding hydrogens is 224 g/mol. The molecule has 2 nitrogen and oxygen atoms in total. The van der Waals surface area contributed by atoms with E-state index in [0.29, 0.717) is 13.2 Å². The highest BCUT2D eigenvalue weighted by Gasteiger charge is 2.07. The number of nitrogens with one attached hydrogen (secondary N) is 1. The highest BCUT2D eigenvalue weighted by molar-refractivity contribution is 5.18. The zero-order chi connectivity index (χ0) is 12.5. The Balaban J connectivity index is 2.24. The molecule has 1 aromatic rings. The molecule has 0 heterocycles. The Morgan fingerprint density at radius 2 is 1.94 bits per heavy atom. The Labute approximate surface area is 101 Å². The van der Waals surface area contributed by atoms with Gasteiger partial charge in [-0.25, -0.2) is 8.78 Å². The Hall–Kier alpha value is -1.00. The lowest BCUT2D eigenvalue weighted by atomic mass is 10.1. The van der Waals surface area contributed by atoms with Gasteiger partial charge in [-0.1, -0.05) is 37.3 Å². The Morgan fingerprint density at radius 3 is 2.53 bits per heavy atom. The predicted molar refractivity (Wildman–Crippen MR) is 64.3 cm³/mol. The van der Waals surface area contributed by atoms with Crippen LogP contribution in [0.15, 0.2) is 30.3 Å². The van der Waals surface area contributed by atoms with Crippen LogP contribution in [0.5, 0.6) is 0 Å². The van der Waals surface area contributed by atoms with Gasteiger partial charge in [-0.05, 0) is 12.0 Å². The number of hydrogen-bond acceptors (Lipinski definition) is 2. The zero-order valence-corrected chi connectivity index (χ0v) is 10.0. The van der Waals surface area contributed by atoms with E-state index in [4.69, 9.17) is 4.74 Å². The van der Waals surface area contributed by atoms with E-state index in [1.807, 2.05) is 18.2 Å². The van der Waals surface area contributed by atoms with Gasteiger partial charge in [-0.2, -0.15) is 0 Å². The van der Waals surface area contributed by atoms with Gasteiger partial charge in [0.05, 0.1) is 6.61 Å². The molecule has 1 unspecified atom stereocenters. The second-order valence-corrected chi connectivity index (χ2v) is 3.79. The molecule has 0 aliphatic carbocycles. The molecule has 0 bridgehead atoms. The molecule has 0 aliphatic rings. The molecule has 1 aromatic carbocycles. The van der Waals surface area contributed by atoms with Gasteiger partial charge in [0.15, 0.2) is 0 Å². The Kier molecular flexibility index (Phi) is 6.74. The summed E-state index contributed by atoms with van der Waals surface area (Å²) in [5.41, 5.74) is 1.21. The summed E-state index contributed by atoms with van der Waals surface area (Å²) in [5.74, 6) is 0. The second-order valence-electron chi connectivity index (χ2n) is 3.79. The number of benzene rings is 1. The smallest absolute Gasteiger partial charge is 0.261 e. The third-order valence-corrected chi connectivity index (χ3v) is 2.49. The average Bonchev–Trinajstić information content (AvgIpc) is 2.34. The van der Waals surface area contributed by atoms with Gasteiger partial charge in [0.2, 0.25) is 0 Å². The van der Waals surface area contributed by atoms with Crippen LogP contribution in [0, 0.1) is 0 Å². The maximum absolute atomic E-state index is 11.8. The lowest BCUT2D eigenvalue weighted by molar-refractivity contribution is 0.0181. The monoisotopic (exact) mass is 243 g/mol. The van der Waals surface area contributed by atoms with Crippen molar-refractivity contribution in [2.45, 2.75) is 25.8 Å². The molecule has 0 saturated heterocycles. The normalized spacial score (nSPS) is 12.9. The molecule has 0 amide bonds. The summed E-state index contributed by atoms with van der Waals surface area (Å²) < 4.78 is 28.4. The minimum Gasteiger partial charge on any atom is -0.374 e. The zero-order valence-electron chi connectivity index (χ0n) is 10.0. The van der Waals surface area contributed by atoms with Crippen LogP contribution in [0.3, 0.4) is 0 Å². The van der Waals surface area contributed by atoms with Crippen molar-refractivity contribution in [3.8, 4) is 0 Å². The minimum absolute atomic E-state index is 0.256. The van der Waals surface area contributed by atoms with Gasteiger partial charge in [0.25, 0.3) is 6.43 Å². The third kappa shape index (κ3) is 5.75. The molecule has 96 valence electrons. The molecule has 1 N–H and O–H groups in total. The van der Waals surface area contributed by atoms with E-state index in [-0.39, 0.29) is 6.04 Å². The molecular formula is C13H19F2NO. The molecule has 1 atom stereocenters. The molecule has 0 saturated carbocycles. The van der Waals surface area contributed by atoms with Crippen LogP contribution >= 0.6 is 0 Å². The minimum atomic E-state index is -2.38. The summed E-state index contributed by atoms with van der Waals surface area (Å²) in [5, 5.41) is 3.29. The van der Waals surface area contributed by atoms with Crippen molar-refractivity contribution in [1.29, 1.82) is 0 Å². The number of halogens is 2. The summed E-state index contributed by atoms with van der Waals surface area (Å²) >= 11 is 0. The first kappa shape index (κ1) is 14.1. The summed E-state index contributed by atoms with van der Waals surface area (Å²) in [6, 6.07) is 10.3. The maximum atomic E-state index is 11.8. The Bertz CT molecular complexity index is 293. The first-order valence-corrected chi connectivity index (χ1v) is 5.88. The number of rotatable bonds is 8. The molecule has 0 spiro atoms. The van der Waals surface area contributed by atoms with Gasteiger partial charge in [-0.15, -0.1) is 0 Å². The summed E-state index contributed by atoms with van der Waals surface area (Å²) in [4.78, 5) is 0. The largest absolute Gasteiger partial charge is 0.374 e. The van der Waals surface area contributed by atoms with Crippen molar-refractivity contribution in [1.82, 2.24) is 5.32 Å². The van der Waals surface area contributed by atoms with Crippen LogP contribution in [0.25, 0.3) is 0 Å². The van der Waals surface area contributed by atoms with Crippen LogP contribution in [0.2, 0.25) is 0 Å². The standard InChI is InChI=1S/C13H19F2NO/c1-2-12(11-6-4-3-5-7-11)16-8-9-17-10-13(14)15/h3-7,12-13,16H,2,8-10H2,1H3. The quantitative estimate of drug-likeness (QED) is 0.709. The van der Waals surface area contributed by atoms with E-state index in [9.17, 15) is 8.78 Å². The average molecular weight is 243 g/mol. The summed E-state index contributed by atoms with van der Waals surface area (Å²) in [6.45, 7) is 2.50. The molecule has 17 heavy (non-hydrogen) atoms. The van der Waals surface area contributed by atoms with Crippen LogP contribution in [0.4, 0.5) is 8.78 Å². The van der Waals surface area contributed by atoms with Crippen molar-refractivity contribution in [2.24, 2.45) is 0 Å². The maximum Gasteiger partial charge on any atom is 0.261 e. The van der Waals surface area contributed by atoms with Gasteiger partial charge >= 0.3 is 0 Å². The van der Waals surface area contributed by atoms with Crippen molar-refractivity contribution in [3.05, 3.63) is 35.9 Å². The number of alkyl halides is 2. The third-order valence-electron chi connectivity index (χ3n) is 2.49. The fourth-order valence-electron chi connectivity index (χ4n) is 1.66. The first-order chi connectivity index (χ1) is 8.24. The van der Waals surface area contributed by atoms with Gasteiger partial charge < -0.3 is 10.1 Å². The van der Waals surface area contributed by atoms with Crippen LogP contribution in [-0.4, -0.2) is 26.2 Å². The SMILES string of the molecule is CCC(NCCOCC(F)F)c1ccccc1. The number of ether oxygens (including phenoxy) is 1. The van der Waals surface area contributed by atoms with Crippen LogP contribution in [-0.2, 0) is 4.74 Å². The van der Waals surface area contributed by atoms with Gasteiger partial charge in [0.1, 0.15) is 6.61 Å². The number of hydrogen-bond donors (Lipinski definition) is 1. The molecule has 0 aliphatic heterocycles. The topological polar surface area (TPSA) is 21.3 Å². The van der Waals surface area contributed by atoms with E-state index < -0.39 is 13.0 Å². The summed E-state index contributed by atoms with van der Waals surface area (Å²) in [7, 11) is 0. The van der Waals surface area contributed by atoms with Gasteiger partial charge in [0, 0.05) is 12.6 Å². The molecule has 0 aromatic heterocycles. The molecule has 0 radical (unpaired) electrons. The van der Waals surface area contributed by atoms with E-state index in [1.165, 1.54) is 5.56 Å². The lowest BCUT2D eigenvalue weighted by Crippen LogP contribution is -2.25. The van der Waals surface area contributed by atoms with E-state index in [0.717, 1.165) is 6.42 Å². The van der Waals surface area contributed by atoms with Crippen molar-refractivity contribution in [2.75, 3.05) is 19.8 Å². The predicted octanol–water partition coefficient (Wildman–Crippen LogP) is 3.01. The van der Waals surface area contributed by atoms with Crippen LogP contribution in [0.1, 0.15) is 24.9 Å². The highest BCUT2D eigenvalue weighted by Crippen LogP contribution is 2.15. The summed E-state index contributed by atoms with van der Waals surface area (Å²) in [6.07, 6.45) is -1.43.